The summed E-state index contributed by atoms with van der Waals surface area (Å²) in [7, 11) is 0. The van der Waals surface area contributed by atoms with Crippen LogP contribution in [0.3, 0.4) is 0 Å². The lowest BCUT2D eigenvalue weighted by molar-refractivity contribution is 0.0792. The molecule has 1 atom stereocenters. The van der Waals surface area contributed by atoms with Crippen LogP contribution in [0.5, 0.6) is 0 Å². The minimum atomic E-state index is 0.216. The molecule has 1 aromatic heterocycles. The van der Waals surface area contributed by atoms with Crippen LogP contribution in [0, 0.1) is 9.49 Å². The van der Waals surface area contributed by atoms with Gasteiger partial charge < -0.3 is 4.90 Å². The number of carbonyl (C=O) groups is 1. The van der Waals surface area contributed by atoms with Gasteiger partial charge in [-0.1, -0.05) is 6.92 Å². The summed E-state index contributed by atoms with van der Waals surface area (Å²) in [6.07, 6.45) is 1.15. The fraction of sp³-hybridized carbons (Fsp3) is 0.500. The maximum atomic E-state index is 12.0. The molecule has 4 heteroatoms. The molecule has 1 saturated heterocycles. The Bertz CT molecular complexity index is 350. The molecule has 0 N–H and O–H groups in total. The van der Waals surface area contributed by atoms with E-state index in [1.807, 2.05) is 16.3 Å². The highest BCUT2D eigenvalue weighted by atomic mass is 127. The molecular formula is C10H12INOS. The van der Waals surface area contributed by atoms with Gasteiger partial charge in [0.15, 0.2) is 0 Å². The van der Waals surface area contributed by atoms with Crippen LogP contribution < -0.4 is 0 Å². The van der Waals surface area contributed by atoms with Gasteiger partial charge in [0.2, 0.25) is 0 Å². The first-order valence-electron chi connectivity index (χ1n) is 4.70. The fourth-order valence-electron chi connectivity index (χ4n) is 1.71. The van der Waals surface area contributed by atoms with E-state index in [9.17, 15) is 4.79 Å². The maximum absolute atomic E-state index is 12.0. The summed E-state index contributed by atoms with van der Waals surface area (Å²) in [5, 5.41) is 1.98. The van der Waals surface area contributed by atoms with Crippen molar-refractivity contribution in [2.75, 3.05) is 13.1 Å². The van der Waals surface area contributed by atoms with Gasteiger partial charge in [0.25, 0.3) is 5.91 Å². The first-order chi connectivity index (χ1) is 6.68. The Morgan fingerprint density at radius 1 is 1.71 bits per heavy atom. The lowest BCUT2D eigenvalue weighted by Crippen LogP contribution is -2.28. The standard InChI is InChI=1S/C10H12INOS/c1-7-2-4-12(6-7)10(13)9-8(11)3-5-14-9/h3,5,7H,2,4,6H2,1H3. The average molecular weight is 321 g/mol. The molecule has 2 heterocycles. The van der Waals surface area contributed by atoms with Gasteiger partial charge in [-0.15, -0.1) is 11.3 Å². The monoisotopic (exact) mass is 321 g/mol. The molecule has 2 nitrogen and oxygen atoms in total. The van der Waals surface area contributed by atoms with E-state index in [2.05, 4.69) is 29.5 Å². The van der Waals surface area contributed by atoms with Gasteiger partial charge in [-0.2, -0.15) is 0 Å². The number of rotatable bonds is 1. The number of thiophene rings is 1. The van der Waals surface area contributed by atoms with E-state index < -0.39 is 0 Å². The van der Waals surface area contributed by atoms with Crippen molar-refractivity contribution in [3.63, 3.8) is 0 Å². The van der Waals surface area contributed by atoms with Crippen LogP contribution in [0.2, 0.25) is 0 Å². The summed E-state index contributed by atoms with van der Waals surface area (Å²) in [4.78, 5) is 14.9. The van der Waals surface area contributed by atoms with E-state index in [1.54, 1.807) is 11.3 Å². The van der Waals surface area contributed by atoms with Crippen LogP contribution in [-0.4, -0.2) is 23.9 Å². The normalized spacial score (nSPS) is 21.6. The molecule has 14 heavy (non-hydrogen) atoms. The van der Waals surface area contributed by atoms with Gasteiger partial charge in [0, 0.05) is 16.7 Å². The minimum absolute atomic E-state index is 0.216. The van der Waals surface area contributed by atoms with Crippen LogP contribution in [0.1, 0.15) is 23.0 Å². The van der Waals surface area contributed by atoms with E-state index >= 15 is 0 Å². The molecule has 0 bridgehead atoms. The van der Waals surface area contributed by atoms with Gasteiger partial charge >= 0.3 is 0 Å². The highest BCUT2D eigenvalue weighted by molar-refractivity contribution is 14.1. The number of nitrogens with zero attached hydrogens (tertiary/aromatic N) is 1. The van der Waals surface area contributed by atoms with Crippen LogP contribution in [0.15, 0.2) is 11.4 Å². The van der Waals surface area contributed by atoms with Crippen molar-refractivity contribution < 1.29 is 4.79 Å². The Balaban J connectivity index is 2.13. The zero-order valence-electron chi connectivity index (χ0n) is 8.00. The second-order valence-corrected chi connectivity index (χ2v) is 5.82. The Kier molecular flexibility index (Phi) is 3.11. The number of carbonyl (C=O) groups excluding carboxylic acids is 1. The molecule has 1 unspecified atom stereocenters. The van der Waals surface area contributed by atoms with Crippen molar-refractivity contribution in [1.82, 2.24) is 4.90 Å². The lowest BCUT2D eigenvalue weighted by Gasteiger charge is -2.14. The molecule has 0 spiro atoms. The lowest BCUT2D eigenvalue weighted by atomic mass is 10.2. The summed E-state index contributed by atoms with van der Waals surface area (Å²) >= 11 is 3.77. The third-order valence-electron chi connectivity index (χ3n) is 2.52. The van der Waals surface area contributed by atoms with Crippen molar-refractivity contribution in [2.45, 2.75) is 13.3 Å². The molecule has 76 valence electrons. The molecule has 0 radical (unpaired) electrons. The van der Waals surface area contributed by atoms with E-state index in [-0.39, 0.29) is 5.91 Å². The van der Waals surface area contributed by atoms with Gasteiger partial charge in [-0.3, -0.25) is 4.79 Å². The minimum Gasteiger partial charge on any atom is -0.338 e. The van der Waals surface area contributed by atoms with E-state index in [0.29, 0.717) is 5.92 Å². The van der Waals surface area contributed by atoms with Crippen LogP contribution in [-0.2, 0) is 0 Å². The first-order valence-corrected chi connectivity index (χ1v) is 6.66. The number of hydrogen-bond donors (Lipinski definition) is 0. The molecule has 1 fully saturated rings. The summed E-state index contributed by atoms with van der Waals surface area (Å²) in [5.41, 5.74) is 0. The van der Waals surface area contributed by atoms with Crippen LogP contribution in [0.25, 0.3) is 0 Å². The van der Waals surface area contributed by atoms with Crippen molar-refractivity contribution in [3.05, 3.63) is 19.9 Å². The Hall–Kier alpha value is -0.100. The number of amides is 1. The fourth-order valence-corrected chi connectivity index (χ4v) is 3.50. The Labute approximate surface area is 101 Å². The molecule has 1 aliphatic heterocycles. The maximum Gasteiger partial charge on any atom is 0.265 e. The largest absolute Gasteiger partial charge is 0.338 e. The molecule has 2 rings (SSSR count). The Morgan fingerprint density at radius 3 is 3.00 bits per heavy atom. The SMILES string of the molecule is CC1CCN(C(=O)c2sccc2I)C1. The van der Waals surface area contributed by atoms with Crippen LogP contribution in [0.4, 0.5) is 0 Å². The molecule has 0 saturated carbocycles. The van der Waals surface area contributed by atoms with Crippen molar-refractivity contribution >= 4 is 39.8 Å². The van der Waals surface area contributed by atoms with E-state index in [4.69, 9.17) is 0 Å². The quantitative estimate of drug-likeness (QED) is 0.729. The van der Waals surface area contributed by atoms with Crippen molar-refractivity contribution in [1.29, 1.82) is 0 Å². The van der Waals surface area contributed by atoms with Gasteiger partial charge in [-0.25, -0.2) is 0 Å². The molecular weight excluding hydrogens is 309 g/mol. The zero-order valence-corrected chi connectivity index (χ0v) is 11.0. The average Bonchev–Trinajstić information content (AvgIpc) is 2.73. The highest BCUT2D eigenvalue weighted by Crippen LogP contribution is 2.24. The number of hydrogen-bond acceptors (Lipinski definition) is 2. The van der Waals surface area contributed by atoms with Crippen molar-refractivity contribution in [2.24, 2.45) is 5.92 Å². The molecule has 1 aromatic rings. The molecule has 1 aliphatic rings. The molecule has 0 aromatic carbocycles. The van der Waals surface area contributed by atoms with Gasteiger partial charge in [0.1, 0.15) is 4.88 Å². The molecule has 1 amide bonds. The second-order valence-electron chi connectivity index (χ2n) is 3.74. The second kappa shape index (κ2) is 4.18. The van der Waals surface area contributed by atoms with Gasteiger partial charge in [-0.05, 0) is 46.4 Å². The topological polar surface area (TPSA) is 20.3 Å². The Morgan fingerprint density at radius 2 is 2.50 bits per heavy atom. The summed E-state index contributed by atoms with van der Waals surface area (Å²) in [6, 6.07) is 2.00. The molecule has 0 aliphatic carbocycles. The smallest absolute Gasteiger partial charge is 0.265 e. The summed E-state index contributed by atoms with van der Waals surface area (Å²) in [5.74, 6) is 0.880. The summed E-state index contributed by atoms with van der Waals surface area (Å²) < 4.78 is 1.08. The summed E-state index contributed by atoms with van der Waals surface area (Å²) in [6.45, 7) is 4.05. The highest BCUT2D eigenvalue weighted by Gasteiger charge is 2.25. The predicted octanol–water partition coefficient (Wildman–Crippen LogP) is 2.83. The number of halogens is 1. The van der Waals surface area contributed by atoms with E-state index in [0.717, 1.165) is 28.0 Å². The third kappa shape index (κ3) is 1.95. The van der Waals surface area contributed by atoms with Crippen molar-refractivity contribution in [3.8, 4) is 0 Å². The first kappa shape index (κ1) is 10.4. The van der Waals surface area contributed by atoms with E-state index in [1.165, 1.54) is 0 Å². The van der Waals surface area contributed by atoms with Gasteiger partial charge in [0.05, 0.1) is 0 Å². The zero-order chi connectivity index (χ0) is 10.1. The predicted molar refractivity (Wildman–Crippen MR) is 66.7 cm³/mol. The number of likely N-dealkylation sites (tertiary alicyclic amines) is 1. The van der Waals surface area contributed by atoms with Crippen LogP contribution >= 0.6 is 33.9 Å². The third-order valence-corrected chi connectivity index (χ3v) is 4.69.